The summed E-state index contributed by atoms with van der Waals surface area (Å²) < 4.78 is 0.644. The largest absolute Gasteiger partial charge is 0.306 e. The number of benzene rings is 1. The average molecular weight is 403 g/mol. The molecule has 0 amide bonds. The summed E-state index contributed by atoms with van der Waals surface area (Å²) in [6, 6.07) is 5.56. The van der Waals surface area contributed by atoms with Crippen LogP contribution in [0, 0.1) is 10.5 Å². The smallest absolute Gasteiger partial charge is 0.264 e. The zero-order valence-electron chi connectivity index (χ0n) is 11.8. The summed E-state index contributed by atoms with van der Waals surface area (Å²) in [5, 5.41) is 0.676. The lowest BCUT2D eigenvalue weighted by Crippen LogP contribution is -2.24. The highest BCUT2D eigenvalue weighted by Crippen LogP contribution is 2.27. The Labute approximate surface area is 136 Å². The number of H-pyrrole nitrogens is 1. The molecule has 0 unspecified atom stereocenters. The first-order valence-corrected chi connectivity index (χ1v) is 7.72. The maximum absolute atomic E-state index is 12.1. The van der Waals surface area contributed by atoms with Crippen molar-refractivity contribution in [2.75, 3.05) is 0 Å². The predicted octanol–water partition coefficient (Wildman–Crippen LogP) is 4.30. The first kappa shape index (κ1) is 15.5. The standard InChI is InChI=1S/C15H16ClIN2O/c1-8-7-9(16)5-6-10(8)13-18-12(15(2,3)4)11(17)14(20)19-13/h5-7H,1-4H3,(H,18,19,20). The number of aryl methyl sites for hydroxylation is 1. The van der Waals surface area contributed by atoms with Gasteiger partial charge < -0.3 is 4.98 Å². The lowest BCUT2D eigenvalue weighted by Gasteiger charge is -2.20. The van der Waals surface area contributed by atoms with Crippen LogP contribution >= 0.6 is 34.2 Å². The third kappa shape index (κ3) is 3.06. The van der Waals surface area contributed by atoms with Crippen molar-refractivity contribution >= 4 is 34.2 Å². The Hall–Kier alpha value is -0.880. The molecule has 20 heavy (non-hydrogen) atoms. The normalized spacial score (nSPS) is 11.7. The molecule has 0 saturated carbocycles. The molecule has 0 bridgehead atoms. The van der Waals surface area contributed by atoms with Crippen molar-refractivity contribution in [2.24, 2.45) is 0 Å². The number of nitrogens with one attached hydrogen (secondary N) is 1. The van der Waals surface area contributed by atoms with Crippen LogP contribution in [-0.4, -0.2) is 9.97 Å². The van der Waals surface area contributed by atoms with Crippen LogP contribution in [0.25, 0.3) is 11.4 Å². The second-order valence-electron chi connectivity index (χ2n) is 5.79. The molecule has 0 saturated heterocycles. The molecule has 1 aromatic carbocycles. The van der Waals surface area contributed by atoms with Crippen molar-refractivity contribution in [3.63, 3.8) is 0 Å². The Bertz CT molecular complexity index is 717. The molecule has 0 atom stereocenters. The molecular weight excluding hydrogens is 387 g/mol. The van der Waals surface area contributed by atoms with Gasteiger partial charge in [0.1, 0.15) is 9.39 Å². The van der Waals surface area contributed by atoms with Gasteiger partial charge in [-0.15, -0.1) is 0 Å². The molecule has 2 aromatic rings. The van der Waals surface area contributed by atoms with E-state index in [2.05, 4.69) is 53.3 Å². The summed E-state index contributed by atoms with van der Waals surface area (Å²) in [4.78, 5) is 19.6. The molecule has 5 heteroatoms. The minimum absolute atomic E-state index is 0.102. The Morgan fingerprint density at radius 2 is 1.95 bits per heavy atom. The third-order valence-electron chi connectivity index (χ3n) is 3.02. The highest BCUT2D eigenvalue weighted by molar-refractivity contribution is 14.1. The van der Waals surface area contributed by atoms with Crippen LogP contribution in [0.4, 0.5) is 0 Å². The minimum atomic E-state index is -0.181. The van der Waals surface area contributed by atoms with Crippen molar-refractivity contribution in [1.29, 1.82) is 0 Å². The topological polar surface area (TPSA) is 45.8 Å². The molecule has 1 aromatic heterocycles. The van der Waals surface area contributed by atoms with E-state index in [0.717, 1.165) is 16.8 Å². The van der Waals surface area contributed by atoms with E-state index < -0.39 is 0 Å². The SMILES string of the molecule is Cc1cc(Cl)ccc1-c1nc(C(C)(C)C)c(I)c(=O)[nH]1. The van der Waals surface area contributed by atoms with E-state index in [9.17, 15) is 4.79 Å². The lowest BCUT2D eigenvalue weighted by molar-refractivity contribution is 0.562. The fraction of sp³-hybridized carbons (Fsp3) is 0.333. The average Bonchev–Trinajstić information content (AvgIpc) is 2.31. The van der Waals surface area contributed by atoms with E-state index in [1.807, 2.05) is 19.1 Å². The van der Waals surface area contributed by atoms with Crippen LogP contribution < -0.4 is 5.56 Å². The number of rotatable bonds is 1. The van der Waals surface area contributed by atoms with Crippen LogP contribution in [0.1, 0.15) is 32.0 Å². The second kappa shape index (κ2) is 5.48. The van der Waals surface area contributed by atoms with E-state index in [4.69, 9.17) is 11.6 Å². The molecule has 0 radical (unpaired) electrons. The van der Waals surface area contributed by atoms with Gasteiger partial charge in [-0.25, -0.2) is 4.98 Å². The van der Waals surface area contributed by atoms with Crippen molar-refractivity contribution in [1.82, 2.24) is 9.97 Å². The maximum atomic E-state index is 12.1. The van der Waals surface area contributed by atoms with Crippen molar-refractivity contribution < 1.29 is 0 Å². The van der Waals surface area contributed by atoms with Gasteiger partial charge in [0.2, 0.25) is 0 Å². The van der Waals surface area contributed by atoms with Crippen LogP contribution in [0.2, 0.25) is 5.02 Å². The fourth-order valence-corrected chi connectivity index (χ4v) is 3.27. The maximum Gasteiger partial charge on any atom is 0.264 e. The van der Waals surface area contributed by atoms with E-state index in [1.54, 1.807) is 6.07 Å². The summed E-state index contributed by atoms with van der Waals surface area (Å²) in [6.07, 6.45) is 0. The van der Waals surface area contributed by atoms with Gasteiger partial charge in [0, 0.05) is 16.0 Å². The quantitative estimate of drug-likeness (QED) is 0.723. The fourth-order valence-electron chi connectivity index (χ4n) is 1.98. The Balaban J connectivity index is 2.70. The van der Waals surface area contributed by atoms with Crippen LogP contribution in [-0.2, 0) is 5.41 Å². The second-order valence-corrected chi connectivity index (χ2v) is 7.30. The number of hydrogen-bond acceptors (Lipinski definition) is 2. The van der Waals surface area contributed by atoms with Crippen LogP contribution in [0.3, 0.4) is 0 Å². The molecule has 1 N–H and O–H groups in total. The van der Waals surface area contributed by atoms with E-state index in [-0.39, 0.29) is 11.0 Å². The zero-order chi connectivity index (χ0) is 15.1. The van der Waals surface area contributed by atoms with Crippen LogP contribution in [0.5, 0.6) is 0 Å². The minimum Gasteiger partial charge on any atom is -0.306 e. The molecule has 0 fully saturated rings. The Morgan fingerprint density at radius 1 is 1.30 bits per heavy atom. The monoisotopic (exact) mass is 402 g/mol. The number of halogens is 2. The summed E-state index contributed by atoms with van der Waals surface area (Å²) in [7, 11) is 0. The van der Waals surface area contributed by atoms with E-state index in [0.29, 0.717) is 14.4 Å². The summed E-state index contributed by atoms with van der Waals surface area (Å²) in [5.41, 5.74) is 2.41. The third-order valence-corrected chi connectivity index (χ3v) is 4.25. The van der Waals surface area contributed by atoms with Gasteiger partial charge in [0.05, 0.1) is 5.69 Å². The predicted molar refractivity (Wildman–Crippen MR) is 91.5 cm³/mol. The van der Waals surface area contributed by atoms with Gasteiger partial charge in [-0.2, -0.15) is 0 Å². The number of hydrogen-bond donors (Lipinski definition) is 1. The molecule has 0 aliphatic carbocycles. The van der Waals surface area contributed by atoms with Crippen molar-refractivity contribution in [2.45, 2.75) is 33.1 Å². The van der Waals surface area contributed by atoms with Crippen molar-refractivity contribution in [3.05, 3.63) is 48.4 Å². The van der Waals surface area contributed by atoms with Gasteiger partial charge in [-0.1, -0.05) is 32.4 Å². The molecule has 106 valence electrons. The first-order valence-electron chi connectivity index (χ1n) is 6.27. The lowest BCUT2D eigenvalue weighted by atomic mass is 9.92. The zero-order valence-corrected chi connectivity index (χ0v) is 14.8. The molecule has 3 nitrogen and oxygen atoms in total. The van der Waals surface area contributed by atoms with Gasteiger partial charge >= 0.3 is 0 Å². The van der Waals surface area contributed by atoms with Crippen molar-refractivity contribution in [3.8, 4) is 11.4 Å². The highest BCUT2D eigenvalue weighted by Gasteiger charge is 2.22. The highest BCUT2D eigenvalue weighted by atomic mass is 127. The molecule has 0 aliphatic rings. The van der Waals surface area contributed by atoms with Gasteiger partial charge in [0.15, 0.2) is 0 Å². The Morgan fingerprint density at radius 3 is 2.50 bits per heavy atom. The number of aromatic amines is 1. The molecule has 2 rings (SSSR count). The van der Waals surface area contributed by atoms with Crippen LogP contribution in [0.15, 0.2) is 23.0 Å². The van der Waals surface area contributed by atoms with Gasteiger partial charge in [-0.3, -0.25) is 4.79 Å². The van der Waals surface area contributed by atoms with E-state index in [1.165, 1.54) is 0 Å². The van der Waals surface area contributed by atoms with Gasteiger partial charge in [0.25, 0.3) is 5.56 Å². The van der Waals surface area contributed by atoms with Gasteiger partial charge in [-0.05, 0) is 53.3 Å². The summed E-state index contributed by atoms with van der Waals surface area (Å²) in [5.74, 6) is 0.592. The number of aromatic nitrogens is 2. The molecular formula is C15H16ClIN2O. The summed E-state index contributed by atoms with van der Waals surface area (Å²) >= 11 is 8.02. The molecule has 1 heterocycles. The number of nitrogens with zero attached hydrogens (tertiary/aromatic N) is 1. The molecule has 0 aliphatic heterocycles. The van der Waals surface area contributed by atoms with E-state index >= 15 is 0 Å². The first-order chi connectivity index (χ1) is 9.20. The Kier molecular flexibility index (Phi) is 4.25. The summed E-state index contributed by atoms with van der Waals surface area (Å²) in [6.45, 7) is 8.11. The molecule has 0 spiro atoms.